The molecule has 1 heterocycles. The van der Waals surface area contributed by atoms with E-state index in [0.29, 0.717) is 12.4 Å². The van der Waals surface area contributed by atoms with Crippen LogP contribution in [0.2, 0.25) is 0 Å². The second kappa shape index (κ2) is 5.63. The topological polar surface area (TPSA) is 54.0 Å². The van der Waals surface area contributed by atoms with E-state index < -0.39 is 0 Å². The summed E-state index contributed by atoms with van der Waals surface area (Å²) in [5.74, 6) is 0.639. The van der Waals surface area contributed by atoms with E-state index in [9.17, 15) is 4.79 Å². The summed E-state index contributed by atoms with van der Waals surface area (Å²) in [6, 6.07) is 7.67. The van der Waals surface area contributed by atoms with Crippen molar-refractivity contribution in [3.63, 3.8) is 0 Å². The van der Waals surface area contributed by atoms with Gasteiger partial charge in [-0.05, 0) is 30.1 Å². The molecule has 0 atom stereocenters. The number of benzene rings is 1. The summed E-state index contributed by atoms with van der Waals surface area (Å²) in [6.07, 6.45) is 2.06. The van der Waals surface area contributed by atoms with Crippen LogP contribution in [0.5, 0.6) is 0 Å². The van der Waals surface area contributed by atoms with E-state index in [4.69, 9.17) is 0 Å². The Labute approximate surface area is 104 Å². The highest BCUT2D eigenvalue weighted by Crippen LogP contribution is 2.25. The molecular formula is C12H15N3OS. The lowest BCUT2D eigenvalue weighted by Gasteiger charge is -2.04. The standard InChI is InChI=1S/C12H15N3OS/c1-2-3-8-13-12(16)14-11-9-6-4-5-7-10(9)17-15-11/h4-7H,2-3,8H2,1H3,(H2,13,14,15,16). The third kappa shape index (κ3) is 2.94. The Kier molecular flexibility index (Phi) is 3.93. The van der Waals surface area contributed by atoms with Gasteiger partial charge >= 0.3 is 6.03 Å². The van der Waals surface area contributed by atoms with Crippen LogP contribution in [0.4, 0.5) is 10.6 Å². The summed E-state index contributed by atoms with van der Waals surface area (Å²) in [7, 11) is 0. The Morgan fingerprint density at radius 1 is 1.41 bits per heavy atom. The van der Waals surface area contributed by atoms with E-state index in [2.05, 4.69) is 21.9 Å². The summed E-state index contributed by atoms with van der Waals surface area (Å²) in [6.45, 7) is 2.79. The van der Waals surface area contributed by atoms with Gasteiger partial charge in [-0.25, -0.2) is 4.79 Å². The van der Waals surface area contributed by atoms with Crippen molar-refractivity contribution in [1.29, 1.82) is 0 Å². The molecule has 0 bridgehead atoms. The highest BCUT2D eigenvalue weighted by atomic mass is 32.1. The Bertz CT molecular complexity index is 509. The lowest BCUT2D eigenvalue weighted by molar-refractivity contribution is 0.252. The van der Waals surface area contributed by atoms with Gasteiger partial charge in [0.05, 0.1) is 4.70 Å². The number of hydrogen-bond donors (Lipinski definition) is 2. The first-order valence-corrected chi connectivity index (χ1v) is 6.48. The molecule has 2 rings (SSSR count). The predicted octanol–water partition coefficient (Wildman–Crippen LogP) is 3.22. The maximum Gasteiger partial charge on any atom is 0.320 e. The molecule has 2 amide bonds. The van der Waals surface area contributed by atoms with Crippen LogP contribution in [0.3, 0.4) is 0 Å². The van der Waals surface area contributed by atoms with E-state index in [0.717, 1.165) is 22.9 Å². The van der Waals surface area contributed by atoms with Gasteiger partial charge < -0.3 is 5.32 Å². The van der Waals surface area contributed by atoms with Gasteiger partial charge in [-0.15, -0.1) is 0 Å². The second-order valence-corrected chi connectivity index (χ2v) is 4.57. The third-order valence-electron chi connectivity index (χ3n) is 2.43. The van der Waals surface area contributed by atoms with Crippen molar-refractivity contribution >= 4 is 33.5 Å². The molecule has 0 saturated heterocycles. The number of nitrogens with one attached hydrogen (secondary N) is 2. The molecule has 0 aliphatic carbocycles. The smallest absolute Gasteiger partial charge is 0.320 e. The predicted molar refractivity (Wildman–Crippen MR) is 71.5 cm³/mol. The van der Waals surface area contributed by atoms with Crippen LogP contribution in [-0.2, 0) is 0 Å². The highest BCUT2D eigenvalue weighted by Gasteiger charge is 2.07. The van der Waals surface area contributed by atoms with Crippen molar-refractivity contribution in [3.05, 3.63) is 24.3 Å². The van der Waals surface area contributed by atoms with Crippen molar-refractivity contribution in [2.45, 2.75) is 19.8 Å². The number of hydrogen-bond acceptors (Lipinski definition) is 3. The number of rotatable bonds is 4. The fourth-order valence-electron chi connectivity index (χ4n) is 1.51. The average molecular weight is 249 g/mol. The van der Waals surface area contributed by atoms with Gasteiger partial charge in [0.2, 0.25) is 0 Å². The maximum atomic E-state index is 11.6. The third-order valence-corrected chi connectivity index (χ3v) is 3.25. The number of urea groups is 1. The zero-order valence-corrected chi connectivity index (χ0v) is 10.5. The fraction of sp³-hybridized carbons (Fsp3) is 0.333. The molecule has 0 unspecified atom stereocenters. The minimum absolute atomic E-state index is 0.186. The summed E-state index contributed by atoms with van der Waals surface area (Å²) >= 11 is 1.39. The quantitative estimate of drug-likeness (QED) is 0.817. The molecule has 5 heteroatoms. The molecule has 2 N–H and O–H groups in total. The number of carbonyl (C=O) groups is 1. The van der Waals surface area contributed by atoms with Crippen LogP contribution in [-0.4, -0.2) is 16.9 Å². The van der Waals surface area contributed by atoms with Gasteiger partial charge in [0.15, 0.2) is 5.82 Å². The summed E-state index contributed by atoms with van der Waals surface area (Å²) in [5.41, 5.74) is 0. The Morgan fingerprint density at radius 3 is 3.06 bits per heavy atom. The molecule has 0 aliphatic heterocycles. The second-order valence-electron chi connectivity index (χ2n) is 3.76. The minimum atomic E-state index is -0.186. The van der Waals surface area contributed by atoms with Crippen molar-refractivity contribution in [2.75, 3.05) is 11.9 Å². The first-order chi connectivity index (χ1) is 8.31. The molecule has 17 heavy (non-hydrogen) atoms. The summed E-state index contributed by atoms with van der Waals surface area (Å²) in [5, 5.41) is 6.56. The molecule has 0 radical (unpaired) electrons. The van der Waals surface area contributed by atoms with Crippen molar-refractivity contribution in [2.24, 2.45) is 0 Å². The first-order valence-electron chi connectivity index (χ1n) is 5.70. The van der Waals surface area contributed by atoms with Crippen molar-refractivity contribution in [3.8, 4) is 0 Å². The maximum absolute atomic E-state index is 11.6. The number of anilines is 1. The van der Waals surface area contributed by atoms with Crippen LogP contribution in [0.25, 0.3) is 10.1 Å². The van der Waals surface area contributed by atoms with Gasteiger partial charge in [0, 0.05) is 11.9 Å². The normalized spacial score (nSPS) is 10.4. The molecule has 4 nitrogen and oxygen atoms in total. The largest absolute Gasteiger partial charge is 0.338 e. The van der Waals surface area contributed by atoms with Crippen LogP contribution < -0.4 is 10.6 Å². The van der Waals surface area contributed by atoms with Crippen LogP contribution in [0.1, 0.15) is 19.8 Å². The zero-order valence-electron chi connectivity index (χ0n) is 9.69. The van der Waals surface area contributed by atoms with Gasteiger partial charge in [-0.3, -0.25) is 5.32 Å². The Morgan fingerprint density at radius 2 is 2.24 bits per heavy atom. The monoisotopic (exact) mass is 249 g/mol. The Balaban J connectivity index is 2.01. The Hall–Kier alpha value is -1.62. The molecule has 1 aromatic carbocycles. The SMILES string of the molecule is CCCCNC(=O)Nc1nsc2ccccc12. The summed E-state index contributed by atoms with van der Waals surface area (Å²) < 4.78 is 5.31. The van der Waals surface area contributed by atoms with Gasteiger partial charge in [0.1, 0.15) is 0 Å². The fourth-order valence-corrected chi connectivity index (χ4v) is 2.24. The lowest BCUT2D eigenvalue weighted by Crippen LogP contribution is -2.29. The number of unbranched alkanes of at least 4 members (excludes halogenated alkanes) is 1. The molecule has 0 spiro atoms. The molecule has 1 aromatic heterocycles. The lowest BCUT2D eigenvalue weighted by atomic mass is 10.3. The molecule has 2 aromatic rings. The van der Waals surface area contributed by atoms with E-state index in [1.807, 2.05) is 24.3 Å². The number of fused-ring (bicyclic) bond motifs is 1. The van der Waals surface area contributed by atoms with Crippen molar-refractivity contribution < 1.29 is 4.79 Å². The van der Waals surface area contributed by atoms with E-state index in [1.54, 1.807) is 0 Å². The minimum Gasteiger partial charge on any atom is -0.338 e. The van der Waals surface area contributed by atoms with Crippen molar-refractivity contribution in [1.82, 2.24) is 9.69 Å². The van der Waals surface area contributed by atoms with Gasteiger partial charge in [-0.2, -0.15) is 4.37 Å². The van der Waals surface area contributed by atoms with Gasteiger partial charge in [-0.1, -0.05) is 25.5 Å². The molecule has 0 fully saturated rings. The number of carbonyl (C=O) groups excluding carboxylic acids is 1. The van der Waals surface area contributed by atoms with Crippen LogP contribution in [0.15, 0.2) is 24.3 Å². The molecule has 90 valence electrons. The molecular weight excluding hydrogens is 234 g/mol. The summed E-state index contributed by atoms with van der Waals surface area (Å²) in [4.78, 5) is 11.6. The van der Waals surface area contributed by atoms with Crippen LogP contribution in [0, 0.1) is 0 Å². The average Bonchev–Trinajstić information content (AvgIpc) is 2.73. The number of amides is 2. The van der Waals surface area contributed by atoms with E-state index in [-0.39, 0.29) is 6.03 Å². The highest BCUT2D eigenvalue weighted by molar-refractivity contribution is 7.13. The molecule has 0 saturated carbocycles. The van der Waals surface area contributed by atoms with E-state index >= 15 is 0 Å². The zero-order chi connectivity index (χ0) is 12.1. The number of aromatic nitrogens is 1. The first kappa shape index (κ1) is 11.9. The number of nitrogens with zero attached hydrogens (tertiary/aromatic N) is 1. The van der Waals surface area contributed by atoms with Gasteiger partial charge in [0.25, 0.3) is 0 Å². The molecule has 0 aliphatic rings. The van der Waals surface area contributed by atoms with E-state index in [1.165, 1.54) is 11.5 Å². The van der Waals surface area contributed by atoms with Crippen LogP contribution >= 0.6 is 11.5 Å².